The van der Waals surface area contributed by atoms with Crippen molar-refractivity contribution in [3.63, 3.8) is 0 Å². The predicted octanol–water partition coefficient (Wildman–Crippen LogP) is 3.28. The van der Waals surface area contributed by atoms with Crippen LogP contribution in [0.15, 0.2) is 0 Å². The van der Waals surface area contributed by atoms with Crippen LogP contribution in [0.1, 0.15) is 66.2 Å². The van der Waals surface area contributed by atoms with Gasteiger partial charge < -0.3 is 24.1 Å². The molecule has 1 rings (SSSR count). The second-order valence-corrected chi connectivity index (χ2v) is 6.30. The lowest BCUT2D eigenvalue weighted by Gasteiger charge is -2.43. The van der Waals surface area contributed by atoms with Gasteiger partial charge in [0.15, 0.2) is 6.29 Å². The Hall–Kier alpha value is -0.200. The van der Waals surface area contributed by atoms with E-state index in [1.807, 2.05) is 6.92 Å². The fourth-order valence-electron chi connectivity index (χ4n) is 2.68. The Morgan fingerprint density at radius 1 is 0.739 bits per heavy atom. The second kappa shape index (κ2) is 12.2. The maximum Gasteiger partial charge on any atom is 0.184 e. The number of hydrogen-bond donors (Lipinski definition) is 1. The Labute approximate surface area is 141 Å². The van der Waals surface area contributed by atoms with Gasteiger partial charge in [0.2, 0.25) is 0 Å². The highest BCUT2D eigenvalue weighted by molar-refractivity contribution is 4.90. The normalized spacial score (nSPS) is 31.4. The molecule has 138 valence electrons. The third-order valence-electron chi connectivity index (χ3n) is 4.17. The molecule has 0 bridgehead atoms. The van der Waals surface area contributed by atoms with E-state index in [-0.39, 0.29) is 18.3 Å². The molecule has 1 fully saturated rings. The third kappa shape index (κ3) is 7.06. The molecule has 0 aromatic rings. The van der Waals surface area contributed by atoms with Crippen LogP contribution in [0.5, 0.6) is 0 Å². The summed E-state index contributed by atoms with van der Waals surface area (Å²) in [5.74, 6) is 0. The first-order valence-electron chi connectivity index (χ1n) is 9.33. The summed E-state index contributed by atoms with van der Waals surface area (Å²) in [4.78, 5) is 0. The van der Waals surface area contributed by atoms with E-state index >= 15 is 0 Å². The lowest BCUT2D eigenvalue weighted by atomic mass is 9.99. The molecule has 0 aromatic carbocycles. The minimum Gasteiger partial charge on any atom is -0.373 e. The first-order valence-corrected chi connectivity index (χ1v) is 9.33. The monoisotopic (exact) mass is 332 g/mol. The van der Waals surface area contributed by atoms with Crippen molar-refractivity contribution in [3.8, 4) is 0 Å². The fraction of sp³-hybridized carbons (Fsp3) is 1.00. The zero-order valence-electron chi connectivity index (χ0n) is 15.3. The molecule has 0 radical (unpaired) electrons. The molecular formula is C18H36O5. The lowest BCUT2D eigenvalue weighted by Crippen LogP contribution is -2.59. The maximum atomic E-state index is 10.3. The van der Waals surface area contributed by atoms with E-state index in [0.717, 1.165) is 38.5 Å². The van der Waals surface area contributed by atoms with Gasteiger partial charge in [-0.15, -0.1) is 0 Å². The smallest absolute Gasteiger partial charge is 0.184 e. The van der Waals surface area contributed by atoms with Crippen LogP contribution in [-0.4, -0.2) is 55.6 Å². The zero-order chi connectivity index (χ0) is 17.1. The first kappa shape index (κ1) is 20.8. The van der Waals surface area contributed by atoms with Gasteiger partial charge in [0.05, 0.1) is 6.10 Å². The third-order valence-corrected chi connectivity index (χ3v) is 4.17. The van der Waals surface area contributed by atoms with Crippen molar-refractivity contribution in [1.82, 2.24) is 0 Å². The summed E-state index contributed by atoms with van der Waals surface area (Å²) < 4.78 is 23.6. The molecule has 1 heterocycles. The highest BCUT2D eigenvalue weighted by Gasteiger charge is 2.45. The molecule has 0 aliphatic carbocycles. The van der Waals surface area contributed by atoms with Crippen molar-refractivity contribution in [2.45, 2.75) is 96.9 Å². The summed E-state index contributed by atoms with van der Waals surface area (Å²) in [6.45, 7) is 10.3. The molecule has 0 aromatic heterocycles. The van der Waals surface area contributed by atoms with Crippen molar-refractivity contribution < 1.29 is 24.1 Å². The van der Waals surface area contributed by atoms with Gasteiger partial charge >= 0.3 is 0 Å². The van der Waals surface area contributed by atoms with Gasteiger partial charge in [-0.25, -0.2) is 0 Å². The molecule has 23 heavy (non-hydrogen) atoms. The van der Waals surface area contributed by atoms with Crippen LogP contribution in [0.25, 0.3) is 0 Å². The molecule has 0 amide bonds. The second-order valence-electron chi connectivity index (χ2n) is 6.30. The average molecular weight is 332 g/mol. The number of aliphatic hydroxyl groups is 1. The van der Waals surface area contributed by atoms with Gasteiger partial charge in [-0.1, -0.05) is 40.0 Å². The van der Waals surface area contributed by atoms with E-state index in [9.17, 15) is 5.11 Å². The number of ether oxygens (including phenoxy) is 4. The summed E-state index contributed by atoms with van der Waals surface area (Å²) in [5.41, 5.74) is 0. The van der Waals surface area contributed by atoms with Crippen molar-refractivity contribution in [2.24, 2.45) is 0 Å². The molecular weight excluding hydrogens is 296 g/mol. The van der Waals surface area contributed by atoms with Gasteiger partial charge in [-0.3, -0.25) is 0 Å². The quantitative estimate of drug-likeness (QED) is 0.556. The van der Waals surface area contributed by atoms with Crippen LogP contribution >= 0.6 is 0 Å². The van der Waals surface area contributed by atoms with Crippen molar-refractivity contribution in [1.29, 1.82) is 0 Å². The molecule has 1 aliphatic rings. The minimum atomic E-state index is -0.959. The Balaban J connectivity index is 2.71. The van der Waals surface area contributed by atoms with Crippen molar-refractivity contribution in [2.75, 3.05) is 19.8 Å². The van der Waals surface area contributed by atoms with Gasteiger partial charge in [0, 0.05) is 19.8 Å². The molecule has 0 saturated carbocycles. The van der Waals surface area contributed by atoms with Gasteiger partial charge in [-0.2, -0.15) is 0 Å². The van der Waals surface area contributed by atoms with Crippen LogP contribution in [-0.2, 0) is 18.9 Å². The number of aliphatic hydroxyl groups excluding tert-OH is 1. The van der Waals surface area contributed by atoms with Crippen molar-refractivity contribution >= 4 is 0 Å². The molecule has 5 nitrogen and oxygen atoms in total. The van der Waals surface area contributed by atoms with E-state index in [1.54, 1.807) is 0 Å². The summed E-state index contributed by atoms with van der Waals surface area (Å²) in [5, 5.41) is 10.3. The molecule has 0 spiro atoms. The van der Waals surface area contributed by atoms with E-state index < -0.39 is 12.4 Å². The van der Waals surface area contributed by atoms with E-state index in [4.69, 9.17) is 18.9 Å². The van der Waals surface area contributed by atoms with E-state index in [0.29, 0.717) is 19.8 Å². The average Bonchev–Trinajstić information content (AvgIpc) is 2.53. The van der Waals surface area contributed by atoms with Crippen molar-refractivity contribution in [3.05, 3.63) is 0 Å². The Kier molecular flexibility index (Phi) is 11.1. The van der Waals surface area contributed by atoms with Gasteiger partial charge in [0.25, 0.3) is 0 Å². The molecule has 5 heteroatoms. The van der Waals surface area contributed by atoms with Gasteiger partial charge in [0.1, 0.15) is 18.3 Å². The summed E-state index contributed by atoms with van der Waals surface area (Å²) in [6.07, 6.45) is 4.04. The largest absolute Gasteiger partial charge is 0.373 e. The highest BCUT2D eigenvalue weighted by atomic mass is 16.7. The topological polar surface area (TPSA) is 57.2 Å². The van der Waals surface area contributed by atoms with Crippen LogP contribution in [0.4, 0.5) is 0 Å². The predicted molar refractivity (Wildman–Crippen MR) is 90.5 cm³/mol. The molecule has 1 N–H and O–H groups in total. The summed E-state index contributed by atoms with van der Waals surface area (Å²) >= 11 is 0. The number of hydrogen-bond acceptors (Lipinski definition) is 5. The van der Waals surface area contributed by atoms with Crippen LogP contribution in [0.3, 0.4) is 0 Å². The van der Waals surface area contributed by atoms with Crippen LogP contribution in [0, 0.1) is 0 Å². The minimum absolute atomic E-state index is 0.201. The maximum absolute atomic E-state index is 10.3. The zero-order valence-corrected chi connectivity index (χ0v) is 15.3. The molecule has 5 unspecified atom stereocenters. The van der Waals surface area contributed by atoms with Gasteiger partial charge in [-0.05, 0) is 26.2 Å². The fourth-order valence-corrected chi connectivity index (χ4v) is 2.68. The Morgan fingerprint density at radius 3 is 1.65 bits per heavy atom. The van der Waals surface area contributed by atoms with Crippen LogP contribution in [0.2, 0.25) is 0 Å². The Morgan fingerprint density at radius 2 is 1.17 bits per heavy atom. The van der Waals surface area contributed by atoms with E-state index in [2.05, 4.69) is 20.8 Å². The summed E-state index contributed by atoms with van der Waals surface area (Å²) in [7, 11) is 0. The number of unbranched alkanes of at least 4 members (excludes halogenated alkanes) is 3. The molecule has 1 aliphatic heterocycles. The number of rotatable bonds is 12. The molecule has 1 saturated heterocycles. The van der Waals surface area contributed by atoms with E-state index in [1.165, 1.54) is 0 Å². The lowest BCUT2D eigenvalue weighted by molar-refractivity contribution is -0.303. The highest BCUT2D eigenvalue weighted by Crippen LogP contribution is 2.27. The summed E-state index contributed by atoms with van der Waals surface area (Å²) in [6, 6.07) is 0. The van der Waals surface area contributed by atoms with Crippen LogP contribution < -0.4 is 0 Å². The SMILES string of the molecule is CCCCOC1C(C)OC(O)C(OCCCC)C1OCCCC. The standard InChI is InChI=1S/C18H36O5/c1-5-8-11-20-15-14(4)23-18(19)17(22-13-10-7-3)16(15)21-12-9-6-2/h14-19H,5-13H2,1-4H3. The molecule has 5 atom stereocenters. The Bertz CT molecular complexity index is 265. The first-order chi connectivity index (χ1) is 11.2.